The quantitative estimate of drug-likeness (QED) is 0.859. The molecule has 0 fully saturated rings. The highest BCUT2D eigenvalue weighted by Crippen LogP contribution is 2.32. The minimum absolute atomic E-state index is 0.224. The molecule has 0 radical (unpaired) electrons. The molecule has 0 saturated carbocycles. The Balaban J connectivity index is 2.99. The lowest BCUT2D eigenvalue weighted by molar-refractivity contribution is -0.137. The lowest BCUT2D eigenvalue weighted by atomic mass is 9.92. The Kier molecular flexibility index (Phi) is 4.54. The normalized spacial score (nSPS) is 15.6. The molecule has 0 aliphatic carbocycles. The molecule has 0 saturated heterocycles. The maximum atomic E-state index is 12.5. The van der Waals surface area contributed by atoms with Crippen molar-refractivity contribution in [3.05, 3.63) is 35.4 Å². The third-order valence-electron chi connectivity index (χ3n) is 2.83. The Morgan fingerprint density at radius 2 is 2.00 bits per heavy atom. The van der Waals surface area contributed by atoms with Crippen LogP contribution in [-0.2, 0) is 6.18 Å². The number of aliphatic hydroxyl groups excluding tert-OH is 1. The van der Waals surface area contributed by atoms with Crippen LogP contribution in [0.3, 0.4) is 0 Å². The van der Waals surface area contributed by atoms with Gasteiger partial charge < -0.3 is 10.8 Å². The molecule has 0 heterocycles. The van der Waals surface area contributed by atoms with Crippen molar-refractivity contribution in [1.82, 2.24) is 0 Å². The van der Waals surface area contributed by atoms with Crippen molar-refractivity contribution in [1.29, 1.82) is 0 Å². The second kappa shape index (κ2) is 5.51. The number of hydrogen-bond acceptors (Lipinski definition) is 2. The van der Waals surface area contributed by atoms with Gasteiger partial charge in [-0.15, -0.1) is 0 Å². The smallest absolute Gasteiger partial charge is 0.388 e. The van der Waals surface area contributed by atoms with Gasteiger partial charge in [0, 0.05) is 5.92 Å². The van der Waals surface area contributed by atoms with Gasteiger partial charge in [0.15, 0.2) is 0 Å². The van der Waals surface area contributed by atoms with Crippen molar-refractivity contribution in [2.75, 3.05) is 6.54 Å². The zero-order valence-electron chi connectivity index (χ0n) is 9.54. The van der Waals surface area contributed by atoms with Gasteiger partial charge in [-0.2, -0.15) is 13.2 Å². The number of halogens is 3. The summed E-state index contributed by atoms with van der Waals surface area (Å²) < 4.78 is 37.5. The van der Waals surface area contributed by atoms with E-state index in [9.17, 15) is 18.3 Å². The fraction of sp³-hybridized carbons (Fsp3) is 0.500. The molecule has 1 aromatic carbocycles. The minimum atomic E-state index is -4.39. The first-order valence-corrected chi connectivity index (χ1v) is 5.45. The molecule has 2 nitrogen and oxygen atoms in total. The molecule has 96 valence electrons. The van der Waals surface area contributed by atoms with Gasteiger partial charge in [0.05, 0.1) is 11.7 Å². The SMILES string of the molecule is CCC(CN)C(O)c1cccc(C(F)(F)F)c1. The molecule has 0 amide bonds. The first kappa shape index (κ1) is 14.0. The van der Waals surface area contributed by atoms with Crippen LogP contribution in [-0.4, -0.2) is 11.7 Å². The van der Waals surface area contributed by atoms with Crippen LogP contribution in [0.2, 0.25) is 0 Å². The van der Waals surface area contributed by atoms with Crippen LogP contribution in [0.15, 0.2) is 24.3 Å². The predicted octanol–water partition coefficient (Wildman–Crippen LogP) is 2.72. The third kappa shape index (κ3) is 3.44. The Morgan fingerprint density at radius 3 is 2.47 bits per heavy atom. The largest absolute Gasteiger partial charge is 0.416 e. The van der Waals surface area contributed by atoms with E-state index >= 15 is 0 Å². The van der Waals surface area contributed by atoms with Gasteiger partial charge in [-0.1, -0.05) is 19.1 Å². The molecule has 5 heteroatoms. The number of alkyl halides is 3. The van der Waals surface area contributed by atoms with E-state index in [1.165, 1.54) is 12.1 Å². The van der Waals surface area contributed by atoms with Crippen LogP contribution >= 0.6 is 0 Å². The highest BCUT2D eigenvalue weighted by molar-refractivity contribution is 5.27. The Labute approximate surface area is 98.3 Å². The summed E-state index contributed by atoms with van der Waals surface area (Å²) in [5.74, 6) is -0.224. The summed E-state index contributed by atoms with van der Waals surface area (Å²) in [5, 5.41) is 9.92. The van der Waals surface area contributed by atoms with Crippen LogP contribution in [0.5, 0.6) is 0 Å². The van der Waals surface area contributed by atoms with Crippen LogP contribution in [0.4, 0.5) is 13.2 Å². The number of nitrogens with two attached hydrogens (primary N) is 1. The summed E-state index contributed by atoms with van der Waals surface area (Å²) in [4.78, 5) is 0. The van der Waals surface area contributed by atoms with Gasteiger partial charge in [0.2, 0.25) is 0 Å². The van der Waals surface area contributed by atoms with E-state index in [1.807, 2.05) is 6.92 Å². The predicted molar refractivity (Wildman–Crippen MR) is 59.2 cm³/mol. The van der Waals surface area contributed by atoms with Gasteiger partial charge in [0.25, 0.3) is 0 Å². The van der Waals surface area contributed by atoms with Gasteiger partial charge in [-0.3, -0.25) is 0 Å². The van der Waals surface area contributed by atoms with Gasteiger partial charge in [-0.25, -0.2) is 0 Å². The highest BCUT2D eigenvalue weighted by atomic mass is 19.4. The number of aliphatic hydroxyl groups is 1. The zero-order valence-corrected chi connectivity index (χ0v) is 9.54. The van der Waals surface area contributed by atoms with Crippen molar-refractivity contribution in [2.24, 2.45) is 11.7 Å². The summed E-state index contributed by atoms with van der Waals surface area (Å²) in [5.41, 5.74) is 4.98. The Bertz CT molecular complexity index is 361. The molecule has 0 aliphatic rings. The van der Waals surface area contributed by atoms with E-state index in [-0.39, 0.29) is 18.0 Å². The maximum absolute atomic E-state index is 12.5. The van der Waals surface area contributed by atoms with E-state index in [4.69, 9.17) is 5.73 Å². The first-order valence-electron chi connectivity index (χ1n) is 5.45. The molecule has 2 atom stereocenters. The molecule has 1 aromatic rings. The highest BCUT2D eigenvalue weighted by Gasteiger charge is 2.31. The van der Waals surface area contributed by atoms with Crippen LogP contribution in [0, 0.1) is 5.92 Å². The summed E-state index contributed by atoms with van der Waals surface area (Å²) >= 11 is 0. The molecule has 2 unspecified atom stereocenters. The van der Waals surface area contributed by atoms with Crippen LogP contribution in [0.1, 0.15) is 30.6 Å². The van der Waals surface area contributed by atoms with E-state index in [1.54, 1.807) is 0 Å². The Hall–Kier alpha value is -1.07. The summed E-state index contributed by atoms with van der Waals surface area (Å²) in [6.07, 6.45) is -4.72. The average molecular weight is 247 g/mol. The fourth-order valence-corrected chi connectivity index (χ4v) is 1.69. The monoisotopic (exact) mass is 247 g/mol. The van der Waals surface area contributed by atoms with E-state index in [0.29, 0.717) is 6.42 Å². The molecular weight excluding hydrogens is 231 g/mol. The van der Waals surface area contributed by atoms with Crippen molar-refractivity contribution >= 4 is 0 Å². The fourth-order valence-electron chi connectivity index (χ4n) is 1.69. The first-order chi connectivity index (χ1) is 7.90. The lowest BCUT2D eigenvalue weighted by Gasteiger charge is -2.21. The van der Waals surface area contributed by atoms with Gasteiger partial charge in [-0.05, 0) is 30.7 Å². The minimum Gasteiger partial charge on any atom is -0.388 e. The molecule has 0 spiro atoms. The van der Waals surface area contributed by atoms with Crippen molar-refractivity contribution in [2.45, 2.75) is 25.6 Å². The molecule has 17 heavy (non-hydrogen) atoms. The Morgan fingerprint density at radius 1 is 1.35 bits per heavy atom. The molecule has 0 aromatic heterocycles. The zero-order chi connectivity index (χ0) is 13.1. The summed E-state index contributed by atoms with van der Waals surface area (Å²) in [7, 11) is 0. The van der Waals surface area contributed by atoms with E-state index in [2.05, 4.69) is 0 Å². The summed E-state index contributed by atoms with van der Waals surface area (Å²) in [6.45, 7) is 2.09. The molecule has 0 aliphatic heterocycles. The molecule has 0 bridgehead atoms. The van der Waals surface area contributed by atoms with E-state index in [0.717, 1.165) is 12.1 Å². The second-order valence-electron chi connectivity index (χ2n) is 3.97. The number of benzene rings is 1. The molecule has 3 N–H and O–H groups in total. The van der Waals surface area contributed by atoms with Gasteiger partial charge in [0.1, 0.15) is 0 Å². The van der Waals surface area contributed by atoms with Crippen molar-refractivity contribution in [3.63, 3.8) is 0 Å². The van der Waals surface area contributed by atoms with E-state index < -0.39 is 17.8 Å². The van der Waals surface area contributed by atoms with Gasteiger partial charge >= 0.3 is 6.18 Å². The topological polar surface area (TPSA) is 46.2 Å². The number of hydrogen-bond donors (Lipinski definition) is 2. The van der Waals surface area contributed by atoms with Crippen LogP contribution in [0.25, 0.3) is 0 Å². The maximum Gasteiger partial charge on any atom is 0.416 e. The molecular formula is C12H16F3NO. The van der Waals surface area contributed by atoms with Crippen molar-refractivity contribution in [3.8, 4) is 0 Å². The summed E-state index contributed by atoms with van der Waals surface area (Å²) in [6, 6.07) is 4.74. The van der Waals surface area contributed by atoms with Crippen LogP contribution < -0.4 is 5.73 Å². The average Bonchev–Trinajstić information content (AvgIpc) is 2.29. The lowest BCUT2D eigenvalue weighted by Crippen LogP contribution is -2.21. The standard InChI is InChI=1S/C12H16F3NO/c1-2-8(7-16)11(17)9-4-3-5-10(6-9)12(13,14)15/h3-6,8,11,17H,2,7,16H2,1H3. The third-order valence-corrected chi connectivity index (χ3v) is 2.83. The second-order valence-corrected chi connectivity index (χ2v) is 3.97. The van der Waals surface area contributed by atoms with Crippen molar-refractivity contribution < 1.29 is 18.3 Å². The molecule has 1 rings (SSSR count). The number of rotatable bonds is 4.